The molecule has 11 heavy (non-hydrogen) atoms. The highest BCUT2D eigenvalue weighted by molar-refractivity contribution is 6.33. The van der Waals surface area contributed by atoms with Gasteiger partial charge in [-0.15, -0.1) is 0 Å². The number of rotatable bonds is 1. The lowest BCUT2D eigenvalue weighted by atomic mass is 10.2. The molecule has 1 aromatic rings. The molecule has 2 N–H and O–H groups in total. The van der Waals surface area contributed by atoms with E-state index in [4.69, 9.17) is 17.3 Å². The number of carbonyl (C=O) groups excluding carboxylic acids is 1. The third kappa shape index (κ3) is 1.43. The molecule has 0 bridgehead atoms. The average Bonchev–Trinajstić information content (AvgIpc) is 1.94. The van der Waals surface area contributed by atoms with Crippen molar-refractivity contribution in [2.45, 2.75) is 0 Å². The molecule has 0 fully saturated rings. The molecule has 0 saturated heterocycles. The van der Waals surface area contributed by atoms with Gasteiger partial charge in [0.05, 0.1) is 16.7 Å². The van der Waals surface area contributed by atoms with Crippen LogP contribution in [-0.2, 0) is 0 Å². The maximum atomic E-state index is 10.3. The molecular weight excluding hydrogens is 166 g/mol. The first kappa shape index (κ1) is 7.88. The van der Waals surface area contributed by atoms with Gasteiger partial charge < -0.3 is 15.6 Å². The number of aromatic carboxylic acids is 1. The summed E-state index contributed by atoms with van der Waals surface area (Å²) >= 11 is 5.54. The number of carboxylic acids is 1. The van der Waals surface area contributed by atoms with E-state index in [1.165, 1.54) is 18.2 Å². The smallest absolute Gasteiger partial charge is 0.0736 e. The Morgan fingerprint density at radius 3 is 2.64 bits per heavy atom. The maximum Gasteiger partial charge on any atom is 0.0736 e. The van der Waals surface area contributed by atoms with Gasteiger partial charge in [-0.25, -0.2) is 0 Å². The van der Waals surface area contributed by atoms with Crippen LogP contribution >= 0.6 is 11.6 Å². The Hall–Kier alpha value is -1.22. The molecule has 0 aliphatic heterocycles. The topological polar surface area (TPSA) is 66.2 Å². The summed E-state index contributed by atoms with van der Waals surface area (Å²) in [7, 11) is 0. The Morgan fingerprint density at radius 1 is 1.55 bits per heavy atom. The molecule has 3 nitrogen and oxygen atoms in total. The zero-order valence-electron chi connectivity index (χ0n) is 5.50. The molecule has 58 valence electrons. The Kier molecular flexibility index (Phi) is 2.01. The molecule has 1 rings (SSSR count). The van der Waals surface area contributed by atoms with Crippen LogP contribution in [0.25, 0.3) is 0 Å². The first-order valence-electron chi connectivity index (χ1n) is 2.88. The number of nitrogens with two attached hydrogens (primary N) is 1. The predicted molar refractivity (Wildman–Crippen MR) is 40.2 cm³/mol. The van der Waals surface area contributed by atoms with Crippen molar-refractivity contribution in [3.63, 3.8) is 0 Å². The second kappa shape index (κ2) is 2.80. The number of benzene rings is 1. The van der Waals surface area contributed by atoms with Crippen molar-refractivity contribution < 1.29 is 9.90 Å². The number of nitrogen functional groups attached to an aromatic ring is 1. The van der Waals surface area contributed by atoms with E-state index in [1.807, 2.05) is 0 Å². The summed E-state index contributed by atoms with van der Waals surface area (Å²) in [6.45, 7) is 0. The third-order valence-corrected chi connectivity index (χ3v) is 1.60. The summed E-state index contributed by atoms with van der Waals surface area (Å²) in [6.07, 6.45) is 0. The Morgan fingerprint density at radius 2 is 2.18 bits per heavy atom. The molecule has 0 radical (unpaired) electrons. The Labute approximate surface area is 68.4 Å². The molecule has 1 aromatic carbocycles. The van der Waals surface area contributed by atoms with E-state index in [1.54, 1.807) is 0 Å². The van der Waals surface area contributed by atoms with E-state index in [-0.39, 0.29) is 16.3 Å². The van der Waals surface area contributed by atoms with Crippen molar-refractivity contribution in [1.29, 1.82) is 0 Å². The standard InChI is InChI=1S/C7H6ClNO2/c8-5-3-1-2-4(6(5)9)7(10)11/h1-3H,9H2,(H,10,11)/p-1. The van der Waals surface area contributed by atoms with Gasteiger partial charge in [0, 0.05) is 5.56 Å². The van der Waals surface area contributed by atoms with Gasteiger partial charge in [-0.1, -0.05) is 23.7 Å². The van der Waals surface area contributed by atoms with Crippen LogP contribution in [0.3, 0.4) is 0 Å². The highest BCUT2D eigenvalue weighted by Crippen LogP contribution is 2.21. The summed E-state index contributed by atoms with van der Waals surface area (Å²) in [5.41, 5.74) is 5.31. The van der Waals surface area contributed by atoms with Gasteiger partial charge >= 0.3 is 0 Å². The number of carbonyl (C=O) groups is 1. The quantitative estimate of drug-likeness (QED) is 0.616. The van der Waals surface area contributed by atoms with E-state index in [0.29, 0.717) is 0 Å². The van der Waals surface area contributed by atoms with Gasteiger partial charge in [-0.05, 0) is 6.07 Å². The molecule has 0 spiro atoms. The van der Waals surface area contributed by atoms with Gasteiger partial charge in [0.2, 0.25) is 0 Å². The fraction of sp³-hybridized carbons (Fsp3) is 0. The number of halogens is 1. The van der Waals surface area contributed by atoms with Crippen LogP contribution in [0, 0.1) is 0 Å². The predicted octanol–water partition coefficient (Wildman–Crippen LogP) is 0.286. The number of hydrogen-bond acceptors (Lipinski definition) is 3. The van der Waals surface area contributed by atoms with Crippen molar-refractivity contribution in [3.8, 4) is 0 Å². The molecule has 0 unspecified atom stereocenters. The average molecular weight is 171 g/mol. The molecule has 0 heterocycles. The molecule has 0 aromatic heterocycles. The third-order valence-electron chi connectivity index (χ3n) is 1.27. The van der Waals surface area contributed by atoms with Crippen LogP contribution in [0.5, 0.6) is 0 Å². The number of para-hydroxylation sites is 1. The minimum atomic E-state index is -1.31. The van der Waals surface area contributed by atoms with E-state index < -0.39 is 5.97 Å². The van der Waals surface area contributed by atoms with Crippen LogP contribution in [0.1, 0.15) is 10.4 Å². The van der Waals surface area contributed by atoms with Crippen molar-refractivity contribution in [3.05, 3.63) is 28.8 Å². The van der Waals surface area contributed by atoms with Crippen LogP contribution in [0.15, 0.2) is 18.2 Å². The Balaban J connectivity index is 3.27. The normalized spacial score (nSPS) is 9.55. The molecule has 0 atom stereocenters. The lowest BCUT2D eigenvalue weighted by molar-refractivity contribution is -0.254. The van der Waals surface area contributed by atoms with E-state index >= 15 is 0 Å². The van der Waals surface area contributed by atoms with E-state index in [0.717, 1.165) is 0 Å². The fourth-order valence-corrected chi connectivity index (χ4v) is 0.890. The summed E-state index contributed by atoms with van der Waals surface area (Å²) in [4.78, 5) is 10.3. The minimum absolute atomic E-state index is 0.0502. The molecule has 0 amide bonds. The number of carboxylic acid groups (broad SMARTS) is 1. The number of hydrogen-bond donors (Lipinski definition) is 1. The van der Waals surface area contributed by atoms with Gasteiger partial charge in [0.25, 0.3) is 0 Å². The molecule has 0 aliphatic rings. The zero-order valence-corrected chi connectivity index (χ0v) is 6.26. The van der Waals surface area contributed by atoms with Crippen molar-refractivity contribution in [2.75, 3.05) is 5.73 Å². The second-order valence-electron chi connectivity index (χ2n) is 1.99. The minimum Gasteiger partial charge on any atom is -0.545 e. The van der Waals surface area contributed by atoms with Gasteiger partial charge in [0.15, 0.2) is 0 Å². The first-order valence-corrected chi connectivity index (χ1v) is 3.26. The molecule has 0 saturated carbocycles. The summed E-state index contributed by atoms with van der Waals surface area (Å²) < 4.78 is 0. The first-order chi connectivity index (χ1) is 5.13. The van der Waals surface area contributed by atoms with E-state index in [2.05, 4.69) is 0 Å². The maximum absolute atomic E-state index is 10.3. The number of anilines is 1. The molecular formula is C7H5ClNO2-. The second-order valence-corrected chi connectivity index (χ2v) is 2.40. The fourth-order valence-electron chi connectivity index (χ4n) is 0.715. The Bertz CT molecular complexity index is 298. The highest BCUT2D eigenvalue weighted by Gasteiger charge is 2.01. The van der Waals surface area contributed by atoms with Crippen molar-refractivity contribution in [1.82, 2.24) is 0 Å². The van der Waals surface area contributed by atoms with Gasteiger partial charge in [-0.3, -0.25) is 0 Å². The van der Waals surface area contributed by atoms with Crippen LogP contribution in [0.4, 0.5) is 5.69 Å². The highest BCUT2D eigenvalue weighted by atomic mass is 35.5. The van der Waals surface area contributed by atoms with Gasteiger partial charge in [-0.2, -0.15) is 0 Å². The monoisotopic (exact) mass is 170 g/mol. The molecule has 0 aliphatic carbocycles. The summed E-state index contributed by atoms with van der Waals surface area (Å²) in [5.74, 6) is -1.31. The van der Waals surface area contributed by atoms with Crippen LogP contribution in [0.2, 0.25) is 5.02 Å². The van der Waals surface area contributed by atoms with Crippen molar-refractivity contribution >= 4 is 23.3 Å². The lowest BCUT2D eigenvalue weighted by Gasteiger charge is -2.06. The van der Waals surface area contributed by atoms with E-state index in [9.17, 15) is 9.90 Å². The van der Waals surface area contributed by atoms with Crippen LogP contribution in [-0.4, -0.2) is 5.97 Å². The van der Waals surface area contributed by atoms with Crippen LogP contribution < -0.4 is 10.8 Å². The summed E-state index contributed by atoms with van der Waals surface area (Å²) in [5, 5.41) is 10.6. The molecule has 4 heteroatoms. The zero-order chi connectivity index (χ0) is 8.43. The lowest BCUT2D eigenvalue weighted by Crippen LogP contribution is -2.23. The SMILES string of the molecule is Nc1c(Cl)cccc1C(=O)[O-]. The largest absolute Gasteiger partial charge is 0.545 e. The summed E-state index contributed by atoms with van der Waals surface area (Å²) in [6, 6.07) is 4.36. The van der Waals surface area contributed by atoms with Crippen molar-refractivity contribution in [2.24, 2.45) is 0 Å². The van der Waals surface area contributed by atoms with Gasteiger partial charge in [0.1, 0.15) is 0 Å².